The van der Waals surface area contributed by atoms with Gasteiger partial charge in [-0.3, -0.25) is 0 Å². The van der Waals surface area contributed by atoms with Crippen LogP contribution < -0.4 is 0 Å². The molecule has 0 saturated heterocycles. The number of hydrogen-bond donors (Lipinski definition) is 1. The fraction of sp³-hybridized carbons (Fsp3) is 0.571. The van der Waals surface area contributed by atoms with Crippen molar-refractivity contribution >= 4 is 0 Å². The Hall–Kier alpha value is -0.980. The number of hydrogen-bond acceptors (Lipinski definition) is 1. The highest BCUT2D eigenvalue weighted by Gasteiger charge is 2.10. The standard InChI is InChI=1S/C11H16O.C2H6.CH4/c1-11(2,3)8-9-4-6-10(12)7-5-9;1-2;/h4-7,12H,8H2,1-3H3;1-2H3;1H4. The Bertz CT molecular complexity index is 241. The molecule has 0 aliphatic carbocycles. The first-order valence-electron chi connectivity index (χ1n) is 5.25. The van der Waals surface area contributed by atoms with E-state index in [0.29, 0.717) is 11.2 Å². The van der Waals surface area contributed by atoms with E-state index in [1.807, 2.05) is 26.0 Å². The molecule has 0 amide bonds. The van der Waals surface area contributed by atoms with Crippen LogP contribution in [0.1, 0.15) is 47.6 Å². The average Bonchev–Trinajstić information content (AvgIpc) is 2.10. The molecular formula is C14H26O. The quantitative estimate of drug-likeness (QED) is 0.715. The Morgan fingerprint density at radius 1 is 1.00 bits per heavy atom. The van der Waals surface area contributed by atoms with E-state index in [1.54, 1.807) is 12.1 Å². The second kappa shape index (κ2) is 7.33. The predicted molar refractivity (Wildman–Crippen MR) is 69.3 cm³/mol. The molecule has 1 nitrogen and oxygen atoms in total. The molecule has 0 aromatic heterocycles. The summed E-state index contributed by atoms with van der Waals surface area (Å²) in [6.45, 7) is 10.6. The molecule has 0 fully saturated rings. The van der Waals surface area contributed by atoms with Crippen molar-refractivity contribution in [2.75, 3.05) is 0 Å². The fourth-order valence-electron chi connectivity index (χ4n) is 1.23. The molecule has 0 saturated carbocycles. The van der Waals surface area contributed by atoms with Gasteiger partial charge in [-0.25, -0.2) is 0 Å². The Labute approximate surface area is 95.2 Å². The Morgan fingerprint density at radius 3 is 1.73 bits per heavy atom. The van der Waals surface area contributed by atoms with E-state index >= 15 is 0 Å². The van der Waals surface area contributed by atoms with Gasteiger partial charge < -0.3 is 5.11 Å². The van der Waals surface area contributed by atoms with Crippen molar-refractivity contribution in [3.05, 3.63) is 29.8 Å². The molecule has 1 aromatic rings. The van der Waals surface area contributed by atoms with E-state index in [2.05, 4.69) is 20.8 Å². The van der Waals surface area contributed by atoms with E-state index in [-0.39, 0.29) is 7.43 Å². The molecule has 0 radical (unpaired) electrons. The molecule has 0 atom stereocenters. The van der Waals surface area contributed by atoms with Crippen LogP contribution in [0.5, 0.6) is 5.75 Å². The van der Waals surface area contributed by atoms with Gasteiger partial charge in [0.2, 0.25) is 0 Å². The van der Waals surface area contributed by atoms with Crippen LogP contribution >= 0.6 is 0 Å². The van der Waals surface area contributed by atoms with Crippen molar-refractivity contribution in [3.8, 4) is 5.75 Å². The zero-order chi connectivity index (χ0) is 11.2. The summed E-state index contributed by atoms with van der Waals surface area (Å²) in [4.78, 5) is 0. The van der Waals surface area contributed by atoms with Gasteiger partial charge in [-0.1, -0.05) is 54.2 Å². The van der Waals surface area contributed by atoms with Crippen molar-refractivity contribution in [1.82, 2.24) is 0 Å². The third kappa shape index (κ3) is 8.04. The Morgan fingerprint density at radius 2 is 1.40 bits per heavy atom. The number of rotatable bonds is 1. The van der Waals surface area contributed by atoms with E-state index in [9.17, 15) is 0 Å². The van der Waals surface area contributed by atoms with Crippen LogP contribution in [0.3, 0.4) is 0 Å². The van der Waals surface area contributed by atoms with Gasteiger partial charge in [0.25, 0.3) is 0 Å². The lowest BCUT2D eigenvalue weighted by Gasteiger charge is -2.17. The normalized spacial score (nSPS) is 9.67. The molecule has 88 valence electrons. The van der Waals surface area contributed by atoms with Gasteiger partial charge in [-0.15, -0.1) is 0 Å². The first kappa shape index (κ1) is 16.4. The van der Waals surface area contributed by atoms with Crippen LogP contribution in [0.4, 0.5) is 0 Å². The number of phenols is 1. The minimum atomic E-state index is 0. The van der Waals surface area contributed by atoms with Gasteiger partial charge in [0, 0.05) is 0 Å². The molecule has 1 rings (SSSR count). The third-order valence-corrected chi connectivity index (χ3v) is 1.67. The Kier molecular flexibility index (Phi) is 8.04. The highest BCUT2D eigenvalue weighted by molar-refractivity contribution is 5.26. The summed E-state index contributed by atoms with van der Waals surface area (Å²) in [7, 11) is 0. The van der Waals surface area contributed by atoms with Gasteiger partial charge in [0.05, 0.1) is 0 Å². The first-order chi connectivity index (χ1) is 6.47. The number of benzene rings is 1. The van der Waals surface area contributed by atoms with Crippen molar-refractivity contribution in [2.45, 2.75) is 48.5 Å². The molecular weight excluding hydrogens is 184 g/mol. The lowest BCUT2D eigenvalue weighted by Crippen LogP contribution is -2.08. The van der Waals surface area contributed by atoms with Crippen molar-refractivity contribution in [2.24, 2.45) is 5.41 Å². The summed E-state index contributed by atoms with van der Waals surface area (Å²) in [6.07, 6.45) is 1.05. The third-order valence-electron chi connectivity index (χ3n) is 1.67. The summed E-state index contributed by atoms with van der Waals surface area (Å²) in [5, 5.41) is 9.05. The maximum Gasteiger partial charge on any atom is 0.115 e. The van der Waals surface area contributed by atoms with Crippen LogP contribution in [-0.4, -0.2) is 5.11 Å². The average molecular weight is 210 g/mol. The first-order valence-corrected chi connectivity index (χ1v) is 5.25. The minimum absolute atomic E-state index is 0. The van der Waals surface area contributed by atoms with Gasteiger partial charge >= 0.3 is 0 Å². The van der Waals surface area contributed by atoms with Gasteiger partial charge in [0.1, 0.15) is 5.75 Å². The van der Waals surface area contributed by atoms with E-state index in [4.69, 9.17) is 5.11 Å². The van der Waals surface area contributed by atoms with Crippen LogP contribution in [0.15, 0.2) is 24.3 Å². The maximum absolute atomic E-state index is 9.05. The molecule has 0 heterocycles. The lowest BCUT2D eigenvalue weighted by molar-refractivity contribution is 0.410. The summed E-state index contributed by atoms with van der Waals surface area (Å²) in [6, 6.07) is 7.42. The Balaban J connectivity index is 0. The topological polar surface area (TPSA) is 20.2 Å². The van der Waals surface area contributed by atoms with Crippen LogP contribution in [-0.2, 0) is 6.42 Å². The fourth-order valence-corrected chi connectivity index (χ4v) is 1.23. The smallest absolute Gasteiger partial charge is 0.115 e. The zero-order valence-electron chi connectivity index (χ0n) is 9.96. The van der Waals surface area contributed by atoms with Gasteiger partial charge in [0.15, 0.2) is 0 Å². The minimum Gasteiger partial charge on any atom is -0.508 e. The molecule has 15 heavy (non-hydrogen) atoms. The highest BCUT2D eigenvalue weighted by Crippen LogP contribution is 2.21. The van der Waals surface area contributed by atoms with Gasteiger partial charge in [-0.2, -0.15) is 0 Å². The van der Waals surface area contributed by atoms with Crippen molar-refractivity contribution < 1.29 is 5.11 Å². The van der Waals surface area contributed by atoms with Gasteiger partial charge in [-0.05, 0) is 29.5 Å². The molecule has 1 heteroatoms. The van der Waals surface area contributed by atoms with E-state index in [1.165, 1.54) is 5.56 Å². The summed E-state index contributed by atoms with van der Waals surface area (Å²) < 4.78 is 0. The van der Waals surface area contributed by atoms with Crippen molar-refractivity contribution in [1.29, 1.82) is 0 Å². The molecule has 1 aromatic carbocycles. The molecule has 0 bridgehead atoms. The van der Waals surface area contributed by atoms with Crippen LogP contribution in [0.2, 0.25) is 0 Å². The molecule has 0 spiro atoms. The molecule has 0 aliphatic rings. The van der Waals surface area contributed by atoms with E-state index < -0.39 is 0 Å². The van der Waals surface area contributed by atoms with E-state index in [0.717, 1.165) is 6.42 Å². The zero-order valence-corrected chi connectivity index (χ0v) is 9.96. The number of phenolic OH excluding ortho intramolecular Hbond substituents is 1. The van der Waals surface area contributed by atoms with Crippen molar-refractivity contribution in [3.63, 3.8) is 0 Å². The molecule has 0 unspecified atom stereocenters. The predicted octanol–water partition coefficient (Wildman–Crippen LogP) is 4.64. The summed E-state index contributed by atoms with van der Waals surface area (Å²) >= 11 is 0. The lowest BCUT2D eigenvalue weighted by atomic mass is 9.88. The summed E-state index contributed by atoms with van der Waals surface area (Å²) in [5.41, 5.74) is 1.59. The summed E-state index contributed by atoms with van der Waals surface area (Å²) in [5.74, 6) is 0.340. The van der Waals surface area contributed by atoms with Crippen LogP contribution in [0.25, 0.3) is 0 Å². The SMILES string of the molecule is C.CC.CC(C)(C)Cc1ccc(O)cc1. The second-order valence-corrected chi connectivity index (χ2v) is 4.40. The number of aromatic hydroxyl groups is 1. The maximum atomic E-state index is 9.05. The largest absolute Gasteiger partial charge is 0.508 e. The van der Waals surface area contributed by atoms with Crippen LogP contribution in [0, 0.1) is 5.41 Å². The second-order valence-electron chi connectivity index (χ2n) is 4.40. The molecule has 0 aliphatic heterocycles. The molecule has 1 N–H and O–H groups in total. The monoisotopic (exact) mass is 210 g/mol. The highest BCUT2D eigenvalue weighted by atomic mass is 16.3.